The molecule has 0 spiro atoms. The number of quaternary nitrogens is 1. The van der Waals surface area contributed by atoms with Crippen molar-refractivity contribution in [1.82, 2.24) is 0 Å². The molecule has 8 nitrogen and oxygen atoms in total. The fourth-order valence-electron chi connectivity index (χ4n) is 7.33. The fraction of sp³-hybridized carbons (Fsp3) is 0.827. The van der Waals surface area contributed by atoms with Crippen molar-refractivity contribution >= 4 is 17.9 Å². The highest BCUT2D eigenvalue weighted by atomic mass is 16.6. The molecule has 0 aromatic heterocycles. The van der Waals surface area contributed by atoms with Crippen LogP contribution >= 0.6 is 0 Å². The minimum atomic E-state index is -1.13. The Hall–Kier alpha value is -2.45. The zero-order valence-corrected chi connectivity index (χ0v) is 39.9. The standard InChI is InChI=1S/C52H95NO7/c1-6-8-10-12-14-16-18-20-22-24-25-27-28-30-32-34-36-38-40-42-50(54)59-47-48(46-58-45-44-49(52(56)57)53(3,4)5)60-51(55)43-41-39-37-35-33-31-29-26-23-21-19-17-15-13-11-9-7-2/h15,17,20-23,48-49H,6-14,16,18-19,24-47H2,1-5H3/b17-15-,22-20-,23-21-. The Morgan fingerprint density at radius 3 is 1.33 bits per heavy atom. The predicted molar refractivity (Wildman–Crippen MR) is 250 cm³/mol. The Bertz CT molecular complexity index is 1080. The summed E-state index contributed by atoms with van der Waals surface area (Å²) in [7, 11) is 5.41. The second kappa shape index (κ2) is 43.2. The summed E-state index contributed by atoms with van der Waals surface area (Å²) in [5, 5.41) is 11.7. The molecule has 0 fully saturated rings. The average Bonchev–Trinajstić information content (AvgIpc) is 3.21. The number of aliphatic carboxylic acids is 1. The van der Waals surface area contributed by atoms with Crippen molar-refractivity contribution in [3.8, 4) is 0 Å². The molecule has 8 heteroatoms. The molecule has 0 aromatic carbocycles. The molecule has 2 atom stereocenters. The molecular weight excluding hydrogens is 751 g/mol. The maximum atomic E-state index is 12.8. The van der Waals surface area contributed by atoms with Gasteiger partial charge < -0.3 is 28.6 Å². The third-order valence-electron chi connectivity index (χ3n) is 11.2. The van der Waals surface area contributed by atoms with Gasteiger partial charge in [-0.1, -0.05) is 172 Å². The van der Waals surface area contributed by atoms with E-state index in [0.29, 0.717) is 12.8 Å². The molecule has 350 valence electrons. The summed E-state index contributed by atoms with van der Waals surface area (Å²) < 4.78 is 17.2. The van der Waals surface area contributed by atoms with Gasteiger partial charge in [-0.05, 0) is 70.6 Å². The molecule has 0 heterocycles. The lowest BCUT2D eigenvalue weighted by Gasteiger charge is -2.34. The van der Waals surface area contributed by atoms with Crippen molar-refractivity contribution in [3.05, 3.63) is 36.5 Å². The number of likely N-dealkylation sites (N-methyl/N-ethyl adjacent to an activating group) is 1. The summed E-state index contributed by atoms with van der Waals surface area (Å²) in [5.74, 6) is -1.74. The first-order valence-corrected chi connectivity index (χ1v) is 25.0. The summed E-state index contributed by atoms with van der Waals surface area (Å²) in [6, 6.07) is -0.727. The third-order valence-corrected chi connectivity index (χ3v) is 11.2. The van der Waals surface area contributed by atoms with Gasteiger partial charge in [-0.25, -0.2) is 0 Å². The molecule has 0 aromatic rings. The second-order valence-electron chi connectivity index (χ2n) is 18.0. The molecule has 0 amide bonds. The van der Waals surface area contributed by atoms with Crippen LogP contribution in [0, 0.1) is 0 Å². The number of allylic oxidation sites excluding steroid dienone is 6. The Morgan fingerprint density at radius 1 is 0.500 bits per heavy atom. The molecule has 0 saturated carbocycles. The molecule has 0 aliphatic carbocycles. The van der Waals surface area contributed by atoms with Gasteiger partial charge in [0.25, 0.3) is 0 Å². The van der Waals surface area contributed by atoms with E-state index >= 15 is 0 Å². The SMILES string of the molecule is CCCCC/C=C\C/C=C\CCCCCCCCCC(=O)OC(COCCC(C(=O)[O-])[N+](C)(C)C)COC(=O)CCCCCCCCCCC/C=C\CCCCCCCC. The van der Waals surface area contributed by atoms with Gasteiger partial charge in [0.2, 0.25) is 0 Å². The van der Waals surface area contributed by atoms with E-state index in [1.807, 2.05) is 0 Å². The highest BCUT2D eigenvalue weighted by molar-refractivity contribution is 5.70. The number of carboxylic acids is 1. The average molecular weight is 846 g/mol. The fourth-order valence-corrected chi connectivity index (χ4v) is 7.33. The molecule has 0 N–H and O–H groups in total. The van der Waals surface area contributed by atoms with E-state index < -0.39 is 18.1 Å². The molecule has 0 aliphatic rings. The van der Waals surface area contributed by atoms with Gasteiger partial charge in [-0.2, -0.15) is 0 Å². The lowest BCUT2D eigenvalue weighted by molar-refractivity contribution is -0.889. The lowest BCUT2D eigenvalue weighted by Crippen LogP contribution is -2.55. The molecule has 0 aliphatic heterocycles. The Morgan fingerprint density at radius 2 is 0.883 bits per heavy atom. The van der Waals surface area contributed by atoms with Crippen molar-refractivity contribution in [2.45, 2.75) is 238 Å². The lowest BCUT2D eigenvalue weighted by atomic mass is 10.1. The molecule has 2 unspecified atom stereocenters. The summed E-state index contributed by atoms with van der Waals surface area (Å²) in [6.45, 7) is 4.65. The minimum Gasteiger partial charge on any atom is -0.544 e. The van der Waals surface area contributed by atoms with Crippen LogP contribution in [0.4, 0.5) is 0 Å². The largest absolute Gasteiger partial charge is 0.544 e. The second-order valence-corrected chi connectivity index (χ2v) is 18.0. The number of carbonyl (C=O) groups is 3. The number of carbonyl (C=O) groups excluding carboxylic acids is 3. The van der Waals surface area contributed by atoms with Gasteiger partial charge in [0.1, 0.15) is 12.6 Å². The molecule has 0 bridgehead atoms. The number of esters is 2. The van der Waals surface area contributed by atoms with Gasteiger partial charge in [-0.3, -0.25) is 9.59 Å². The Balaban J connectivity index is 4.26. The molecular formula is C52H95NO7. The van der Waals surface area contributed by atoms with Crippen LogP contribution in [0.2, 0.25) is 0 Å². The van der Waals surface area contributed by atoms with Gasteiger partial charge in [0.05, 0.1) is 40.3 Å². The van der Waals surface area contributed by atoms with Crippen molar-refractivity contribution in [2.75, 3.05) is 41.0 Å². The van der Waals surface area contributed by atoms with E-state index in [4.69, 9.17) is 14.2 Å². The zero-order valence-electron chi connectivity index (χ0n) is 39.9. The summed E-state index contributed by atoms with van der Waals surface area (Å²) in [4.78, 5) is 37.0. The highest BCUT2D eigenvalue weighted by Gasteiger charge is 2.25. The van der Waals surface area contributed by atoms with Crippen LogP contribution in [0.3, 0.4) is 0 Å². The summed E-state index contributed by atoms with van der Waals surface area (Å²) in [6.07, 6.45) is 50.2. The number of unbranched alkanes of at least 4 members (excludes halogenated alkanes) is 25. The van der Waals surface area contributed by atoms with Crippen LogP contribution in [0.1, 0.15) is 226 Å². The molecule has 60 heavy (non-hydrogen) atoms. The van der Waals surface area contributed by atoms with Crippen molar-refractivity contribution in [1.29, 1.82) is 0 Å². The smallest absolute Gasteiger partial charge is 0.306 e. The Kier molecular flexibility index (Phi) is 41.4. The van der Waals surface area contributed by atoms with Crippen LogP contribution in [0.5, 0.6) is 0 Å². The van der Waals surface area contributed by atoms with E-state index in [-0.39, 0.29) is 42.7 Å². The van der Waals surface area contributed by atoms with E-state index in [1.165, 1.54) is 141 Å². The maximum absolute atomic E-state index is 12.8. The van der Waals surface area contributed by atoms with Gasteiger partial charge >= 0.3 is 11.9 Å². The minimum absolute atomic E-state index is 0.0385. The molecule has 0 rings (SSSR count). The zero-order chi connectivity index (χ0) is 44.2. The Labute approximate surface area is 370 Å². The monoisotopic (exact) mass is 846 g/mol. The maximum Gasteiger partial charge on any atom is 0.306 e. The predicted octanol–water partition coefficient (Wildman–Crippen LogP) is 12.9. The van der Waals surface area contributed by atoms with Crippen LogP contribution in [-0.2, 0) is 28.6 Å². The van der Waals surface area contributed by atoms with E-state index in [0.717, 1.165) is 51.4 Å². The highest BCUT2D eigenvalue weighted by Crippen LogP contribution is 2.15. The molecule has 0 radical (unpaired) electrons. The number of hydrogen-bond donors (Lipinski definition) is 0. The van der Waals surface area contributed by atoms with E-state index in [2.05, 4.69) is 50.3 Å². The van der Waals surface area contributed by atoms with Crippen molar-refractivity contribution in [3.63, 3.8) is 0 Å². The summed E-state index contributed by atoms with van der Waals surface area (Å²) in [5.41, 5.74) is 0. The topological polar surface area (TPSA) is 102 Å². The number of ether oxygens (including phenoxy) is 3. The number of hydrogen-bond acceptors (Lipinski definition) is 7. The van der Waals surface area contributed by atoms with Crippen molar-refractivity contribution in [2.24, 2.45) is 0 Å². The summed E-state index contributed by atoms with van der Waals surface area (Å²) >= 11 is 0. The number of rotatable bonds is 45. The van der Waals surface area contributed by atoms with E-state index in [9.17, 15) is 19.5 Å². The number of carboxylic acid groups (broad SMARTS) is 1. The quantitative estimate of drug-likeness (QED) is 0.0260. The van der Waals surface area contributed by atoms with E-state index in [1.54, 1.807) is 21.1 Å². The number of nitrogens with zero attached hydrogens (tertiary/aromatic N) is 1. The van der Waals surface area contributed by atoms with Gasteiger partial charge in [0, 0.05) is 19.3 Å². The van der Waals surface area contributed by atoms with Crippen LogP contribution < -0.4 is 5.11 Å². The normalized spacial score (nSPS) is 13.2. The first-order chi connectivity index (χ1) is 29.1. The molecule has 0 saturated heterocycles. The first-order valence-electron chi connectivity index (χ1n) is 25.0. The van der Waals surface area contributed by atoms with Crippen LogP contribution in [-0.4, -0.2) is 75.5 Å². The van der Waals surface area contributed by atoms with Crippen LogP contribution in [0.15, 0.2) is 36.5 Å². The third kappa shape index (κ3) is 40.9. The van der Waals surface area contributed by atoms with Crippen LogP contribution in [0.25, 0.3) is 0 Å². The van der Waals surface area contributed by atoms with Gasteiger partial charge in [0.15, 0.2) is 6.10 Å². The van der Waals surface area contributed by atoms with Crippen molar-refractivity contribution < 1.29 is 38.2 Å². The van der Waals surface area contributed by atoms with Gasteiger partial charge in [-0.15, -0.1) is 0 Å². The first kappa shape index (κ1) is 57.5.